The van der Waals surface area contributed by atoms with Crippen molar-refractivity contribution in [3.63, 3.8) is 0 Å². The Balaban J connectivity index is 1.60. The Bertz CT molecular complexity index is 1340. The third kappa shape index (κ3) is 3.77. The second-order valence-corrected chi connectivity index (χ2v) is 8.32. The number of ether oxygens (including phenoxy) is 2. The molecule has 0 saturated heterocycles. The molecule has 0 radical (unpaired) electrons. The Morgan fingerprint density at radius 1 is 0.912 bits per heavy atom. The highest BCUT2D eigenvalue weighted by atomic mass is 16.5. The molecule has 1 aliphatic heterocycles. The van der Waals surface area contributed by atoms with Crippen LogP contribution in [0.1, 0.15) is 28.4 Å². The van der Waals surface area contributed by atoms with E-state index in [1.165, 1.54) is 0 Å². The molecule has 3 aromatic carbocycles. The summed E-state index contributed by atoms with van der Waals surface area (Å²) in [4.78, 5) is 15.7. The van der Waals surface area contributed by atoms with E-state index < -0.39 is 0 Å². The van der Waals surface area contributed by atoms with Gasteiger partial charge in [-0.2, -0.15) is 0 Å². The number of fused-ring (bicyclic) bond motifs is 3. The number of rotatable bonds is 4. The molecule has 0 spiro atoms. The first-order valence-electron chi connectivity index (χ1n) is 11.2. The van der Waals surface area contributed by atoms with Crippen molar-refractivity contribution >= 4 is 11.7 Å². The van der Waals surface area contributed by atoms with Gasteiger partial charge in [0.15, 0.2) is 11.5 Å². The molecular formula is C28H27N3O3. The number of nitrogens with one attached hydrogen (secondary N) is 1. The van der Waals surface area contributed by atoms with E-state index in [2.05, 4.69) is 53.3 Å². The normalized spacial score (nSPS) is 14.6. The Kier molecular flexibility index (Phi) is 5.72. The van der Waals surface area contributed by atoms with Gasteiger partial charge in [0.1, 0.15) is 6.04 Å². The molecule has 2 heterocycles. The average Bonchev–Trinajstić information content (AvgIpc) is 3.29. The van der Waals surface area contributed by atoms with Crippen LogP contribution in [0.15, 0.2) is 85.1 Å². The molecule has 1 aromatic heterocycles. The molecule has 0 bridgehead atoms. The molecule has 172 valence electrons. The molecule has 0 unspecified atom stereocenters. The van der Waals surface area contributed by atoms with E-state index in [1.54, 1.807) is 26.4 Å². The average molecular weight is 454 g/mol. The lowest BCUT2D eigenvalue weighted by atomic mass is 9.97. The van der Waals surface area contributed by atoms with Crippen LogP contribution in [0.25, 0.3) is 5.69 Å². The zero-order valence-corrected chi connectivity index (χ0v) is 19.5. The van der Waals surface area contributed by atoms with Gasteiger partial charge in [0, 0.05) is 23.6 Å². The fourth-order valence-electron chi connectivity index (χ4n) is 4.67. The van der Waals surface area contributed by atoms with Gasteiger partial charge in [-0.25, -0.2) is 4.79 Å². The van der Waals surface area contributed by atoms with Gasteiger partial charge >= 0.3 is 6.03 Å². The van der Waals surface area contributed by atoms with E-state index in [1.807, 2.05) is 41.3 Å². The topological polar surface area (TPSA) is 55.7 Å². The number of benzene rings is 3. The number of carbonyl (C=O) groups is 1. The first-order valence-corrected chi connectivity index (χ1v) is 11.2. The van der Waals surface area contributed by atoms with Gasteiger partial charge in [0.2, 0.25) is 0 Å². The van der Waals surface area contributed by atoms with E-state index in [0.29, 0.717) is 23.7 Å². The lowest BCUT2D eigenvalue weighted by molar-refractivity contribution is 0.194. The number of aryl methyl sites for hydroxylation is 1. The smallest absolute Gasteiger partial charge is 0.322 e. The molecule has 1 atom stereocenters. The number of hydrogen-bond donors (Lipinski definition) is 1. The monoisotopic (exact) mass is 453 g/mol. The van der Waals surface area contributed by atoms with Crippen molar-refractivity contribution in [2.45, 2.75) is 19.5 Å². The molecule has 4 aromatic rings. The van der Waals surface area contributed by atoms with E-state index in [-0.39, 0.29) is 12.1 Å². The van der Waals surface area contributed by atoms with Gasteiger partial charge < -0.3 is 24.3 Å². The van der Waals surface area contributed by atoms with Crippen LogP contribution in [0.5, 0.6) is 11.5 Å². The van der Waals surface area contributed by atoms with Crippen LogP contribution in [-0.4, -0.2) is 29.7 Å². The quantitative estimate of drug-likeness (QED) is 0.416. The van der Waals surface area contributed by atoms with Gasteiger partial charge in [0.25, 0.3) is 0 Å². The molecule has 0 aliphatic carbocycles. The highest BCUT2D eigenvalue weighted by Gasteiger charge is 2.33. The lowest BCUT2D eigenvalue weighted by Crippen LogP contribution is -2.38. The summed E-state index contributed by atoms with van der Waals surface area (Å²) in [5, 5.41) is 3.08. The van der Waals surface area contributed by atoms with Crippen molar-refractivity contribution in [2.24, 2.45) is 0 Å². The Hall–Kier alpha value is -4.19. The van der Waals surface area contributed by atoms with Crippen molar-refractivity contribution in [1.29, 1.82) is 0 Å². The summed E-state index contributed by atoms with van der Waals surface area (Å²) < 4.78 is 12.9. The first-order chi connectivity index (χ1) is 16.6. The molecule has 5 rings (SSSR count). The third-order valence-electron chi connectivity index (χ3n) is 6.34. The maximum Gasteiger partial charge on any atom is 0.322 e. The van der Waals surface area contributed by atoms with Gasteiger partial charge in [-0.1, -0.05) is 42.5 Å². The predicted octanol–water partition coefficient (Wildman–Crippen LogP) is 5.94. The van der Waals surface area contributed by atoms with Crippen molar-refractivity contribution < 1.29 is 14.3 Å². The van der Waals surface area contributed by atoms with E-state index >= 15 is 0 Å². The second kappa shape index (κ2) is 8.98. The predicted molar refractivity (Wildman–Crippen MR) is 133 cm³/mol. The maximum atomic E-state index is 13.8. The Morgan fingerprint density at radius 2 is 1.68 bits per heavy atom. The van der Waals surface area contributed by atoms with Crippen LogP contribution in [0.4, 0.5) is 10.5 Å². The summed E-state index contributed by atoms with van der Waals surface area (Å²) in [7, 11) is 3.17. The summed E-state index contributed by atoms with van der Waals surface area (Å²) >= 11 is 0. The third-order valence-corrected chi connectivity index (χ3v) is 6.34. The molecule has 6 nitrogen and oxygen atoms in total. The number of methoxy groups -OCH3 is 2. The zero-order valence-electron chi connectivity index (χ0n) is 19.5. The number of carbonyl (C=O) groups excluding carboxylic acids is 1. The Morgan fingerprint density at radius 3 is 2.47 bits per heavy atom. The summed E-state index contributed by atoms with van der Waals surface area (Å²) in [5.41, 5.74) is 6.08. The Labute approximate surface area is 199 Å². The minimum atomic E-state index is -0.260. The van der Waals surface area contributed by atoms with Gasteiger partial charge in [-0.15, -0.1) is 0 Å². The first kappa shape index (κ1) is 21.6. The zero-order chi connectivity index (χ0) is 23.7. The largest absolute Gasteiger partial charge is 0.493 e. The second-order valence-electron chi connectivity index (χ2n) is 8.32. The molecule has 0 saturated carbocycles. The fourth-order valence-corrected chi connectivity index (χ4v) is 4.67. The number of anilines is 1. The summed E-state index contributed by atoms with van der Waals surface area (Å²) in [5.74, 6) is 1.17. The molecule has 0 fully saturated rings. The number of amides is 2. The van der Waals surface area contributed by atoms with Crippen LogP contribution in [0.3, 0.4) is 0 Å². The highest BCUT2D eigenvalue weighted by molar-refractivity contribution is 5.90. The molecule has 34 heavy (non-hydrogen) atoms. The van der Waals surface area contributed by atoms with Crippen LogP contribution in [-0.2, 0) is 6.54 Å². The number of nitrogens with zero attached hydrogens (tertiary/aromatic N) is 2. The molecule has 1 N–H and O–H groups in total. The van der Waals surface area contributed by atoms with E-state index in [4.69, 9.17) is 9.47 Å². The number of urea groups is 1. The molecule has 6 heteroatoms. The SMILES string of the molecule is COc1ccc(NC(=O)N2Cc3ccccc3-n3cccc3[C@H]2c2ccccc2C)cc1OC. The van der Waals surface area contributed by atoms with Crippen LogP contribution < -0.4 is 14.8 Å². The fraction of sp³-hybridized carbons (Fsp3) is 0.179. The minimum Gasteiger partial charge on any atom is -0.493 e. The van der Waals surface area contributed by atoms with Crippen LogP contribution in [0.2, 0.25) is 0 Å². The van der Waals surface area contributed by atoms with Crippen LogP contribution >= 0.6 is 0 Å². The summed E-state index contributed by atoms with van der Waals surface area (Å²) in [6, 6.07) is 25.5. The number of aromatic nitrogens is 1. The summed E-state index contributed by atoms with van der Waals surface area (Å²) in [6.07, 6.45) is 2.06. The van der Waals surface area contributed by atoms with E-state index in [9.17, 15) is 4.79 Å². The standard InChI is InChI=1S/C28H27N3O3/c1-19-9-4-6-11-22(19)27-24-13-8-16-30(24)23-12-7-5-10-20(23)18-31(27)28(32)29-21-14-15-25(33-2)26(17-21)34-3/h4-17,27H,18H2,1-3H3,(H,29,32)/t27-/m1/s1. The molecular weight excluding hydrogens is 426 g/mol. The van der Waals surface area contributed by atoms with Crippen molar-refractivity contribution in [3.8, 4) is 17.2 Å². The highest BCUT2D eigenvalue weighted by Crippen LogP contribution is 2.38. The van der Waals surface area contributed by atoms with E-state index in [0.717, 1.165) is 28.1 Å². The number of hydrogen-bond acceptors (Lipinski definition) is 3. The van der Waals surface area contributed by atoms with Crippen molar-refractivity contribution in [1.82, 2.24) is 9.47 Å². The van der Waals surface area contributed by atoms with Crippen molar-refractivity contribution in [2.75, 3.05) is 19.5 Å². The summed E-state index contributed by atoms with van der Waals surface area (Å²) in [6.45, 7) is 2.56. The van der Waals surface area contributed by atoms with Gasteiger partial charge in [0.05, 0.1) is 26.5 Å². The van der Waals surface area contributed by atoms with Gasteiger partial charge in [-0.05, 0) is 53.9 Å². The minimum absolute atomic E-state index is 0.190. The number of para-hydroxylation sites is 1. The lowest BCUT2D eigenvalue weighted by Gasteiger charge is -2.32. The maximum absolute atomic E-state index is 13.8. The van der Waals surface area contributed by atoms with Gasteiger partial charge in [-0.3, -0.25) is 0 Å². The van der Waals surface area contributed by atoms with Crippen molar-refractivity contribution in [3.05, 3.63) is 107 Å². The molecule has 1 aliphatic rings. The van der Waals surface area contributed by atoms with Crippen LogP contribution in [0, 0.1) is 6.92 Å². The molecule has 2 amide bonds.